The van der Waals surface area contributed by atoms with Crippen molar-refractivity contribution in [1.29, 1.82) is 0 Å². The van der Waals surface area contributed by atoms with Gasteiger partial charge in [0.15, 0.2) is 0 Å². The Morgan fingerprint density at radius 2 is 2.57 bits per heavy atom. The summed E-state index contributed by atoms with van der Waals surface area (Å²) in [5.74, 6) is 2.13. The summed E-state index contributed by atoms with van der Waals surface area (Å²) in [6.07, 6.45) is 4.09. The van der Waals surface area contributed by atoms with E-state index in [2.05, 4.69) is 10.3 Å². The Kier molecular flexibility index (Phi) is 3.16. The SMILES string of the molecule is CNCc1ncc(C2CCCOC2)o1. The highest BCUT2D eigenvalue weighted by Gasteiger charge is 2.19. The highest BCUT2D eigenvalue weighted by atomic mass is 16.5. The lowest BCUT2D eigenvalue weighted by atomic mass is 10.0. The molecule has 0 bridgehead atoms. The molecule has 0 aromatic carbocycles. The zero-order valence-corrected chi connectivity index (χ0v) is 8.45. The number of aromatic nitrogens is 1. The summed E-state index contributed by atoms with van der Waals surface area (Å²) < 4.78 is 11.0. The molecule has 1 saturated heterocycles. The van der Waals surface area contributed by atoms with Crippen LogP contribution >= 0.6 is 0 Å². The van der Waals surface area contributed by atoms with E-state index < -0.39 is 0 Å². The molecule has 78 valence electrons. The van der Waals surface area contributed by atoms with E-state index in [0.29, 0.717) is 12.5 Å². The summed E-state index contributed by atoms with van der Waals surface area (Å²) >= 11 is 0. The number of hydrogen-bond donors (Lipinski definition) is 1. The van der Waals surface area contributed by atoms with Crippen LogP contribution in [0.3, 0.4) is 0 Å². The second-order valence-corrected chi connectivity index (χ2v) is 3.60. The summed E-state index contributed by atoms with van der Waals surface area (Å²) in [6.45, 7) is 2.34. The average Bonchev–Trinajstić information content (AvgIpc) is 2.68. The van der Waals surface area contributed by atoms with Crippen LogP contribution in [-0.2, 0) is 11.3 Å². The van der Waals surface area contributed by atoms with Gasteiger partial charge in [0.25, 0.3) is 0 Å². The first-order valence-electron chi connectivity index (χ1n) is 5.07. The zero-order valence-electron chi connectivity index (χ0n) is 8.45. The molecule has 1 fully saturated rings. The largest absolute Gasteiger partial charge is 0.444 e. The van der Waals surface area contributed by atoms with Crippen LogP contribution in [0.25, 0.3) is 0 Å². The maximum Gasteiger partial charge on any atom is 0.208 e. The quantitative estimate of drug-likeness (QED) is 0.791. The van der Waals surface area contributed by atoms with Crippen molar-refractivity contribution in [3.05, 3.63) is 17.8 Å². The van der Waals surface area contributed by atoms with E-state index in [4.69, 9.17) is 9.15 Å². The predicted octanol–water partition coefficient (Wildman–Crippen LogP) is 1.29. The van der Waals surface area contributed by atoms with Crippen LogP contribution in [0, 0.1) is 0 Å². The Hall–Kier alpha value is -0.870. The molecule has 0 amide bonds. The lowest BCUT2D eigenvalue weighted by Crippen LogP contribution is -2.14. The Labute approximate surface area is 83.7 Å². The van der Waals surface area contributed by atoms with Crippen molar-refractivity contribution in [3.63, 3.8) is 0 Å². The van der Waals surface area contributed by atoms with Crippen molar-refractivity contribution in [1.82, 2.24) is 10.3 Å². The molecule has 2 heterocycles. The van der Waals surface area contributed by atoms with Crippen molar-refractivity contribution in [3.8, 4) is 0 Å². The highest BCUT2D eigenvalue weighted by Crippen LogP contribution is 2.25. The van der Waals surface area contributed by atoms with Crippen LogP contribution in [-0.4, -0.2) is 25.2 Å². The minimum Gasteiger partial charge on any atom is -0.444 e. The molecule has 0 aliphatic carbocycles. The van der Waals surface area contributed by atoms with Gasteiger partial charge in [-0.3, -0.25) is 0 Å². The van der Waals surface area contributed by atoms with Crippen molar-refractivity contribution in [2.45, 2.75) is 25.3 Å². The molecule has 1 N–H and O–H groups in total. The fourth-order valence-corrected chi connectivity index (χ4v) is 1.71. The van der Waals surface area contributed by atoms with Gasteiger partial charge in [0.05, 0.1) is 19.3 Å². The average molecular weight is 196 g/mol. The van der Waals surface area contributed by atoms with Gasteiger partial charge in [-0.1, -0.05) is 0 Å². The van der Waals surface area contributed by atoms with Gasteiger partial charge in [-0.25, -0.2) is 4.98 Å². The van der Waals surface area contributed by atoms with Crippen LogP contribution in [0.1, 0.15) is 30.4 Å². The molecule has 0 saturated carbocycles. The molecule has 2 rings (SSSR count). The number of hydrogen-bond acceptors (Lipinski definition) is 4. The fraction of sp³-hybridized carbons (Fsp3) is 0.700. The van der Waals surface area contributed by atoms with Crippen LogP contribution in [0.15, 0.2) is 10.6 Å². The molecule has 1 aromatic rings. The molecule has 1 aliphatic rings. The highest BCUT2D eigenvalue weighted by molar-refractivity contribution is 5.02. The van der Waals surface area contributed by atoms with E-state index in [0.717, 1.165) is 37.7 Å². The third-order valence-electron chi connectivity index (χ3n) is 2.46. The van der Waals surface area contributed by atoms with Crippen LogP contribution in [0.4, 0.5) is 0 Å². The molecule has 1 aromatic heterocycles. The topological polar surface area (TPSA) is 47.3 Å². The smallest absolute Gasteiger partial charge is 0.208 e. The number of nitrogens with zero attached hydrogens (tertiary/aromatic N) is 1. The molecule has 1 unspecified atom stereocenters. The van der Waals surface area contributed by atoms with Crippen molar-refractivity contribution >= 4 is 0 Å². The van der Waals surface area contributed by atoms with Gasteiger partial charge >= 0.3 is 0 Å². The molecule has 14 heavy (non-hydrogen) atoms. The van der Waals surface area contributed by atoms with E-state index in [1.54, 1.807) is 0 Å². The lowest BCUT2D eigenvalue weighted by Gasteiger charge is -2.19. The molecular weight excluding hydrogens is 180 g/mol. The normalized spacial score (nSPS) is 22.5. The Morgan fingerprint density at radius 1 is 1.64 bits per heavy atom. The number of ether oxygens (including phenoxy) is 1. The second kappa shape index (κ2) is 4.57. The molecule has 1 aliphatic heterocycles. The minimum absolute atomic E-state index is 0.404. The van der Waals surface area contributed by atoms with Gasteiger partial charge in [-0.15, -0.1) is 0 Å². The summed E-state index contributed by atoms with van der Waals surface area (Å²) in [5, 5.41) is 3.01. The van der Waals surface area contributed by atoms with Gasteiger partial charge in [-0.2, -0.15) is 0 Å². The van der Waals surface area contributed by atoms with Crippen LogP contribution in [0.2, 0.25) is 0 Å². The molecule has 0 spiro atoms. The molecule has 4 heteroatoms. The third kappa shape index (κ3) is 2.13. The second-order valence-electron chi connectivity index (χ2n) is 3.60. The van der Waals surface area contributed by atoms with E-state index >= 15 is 0 Å². The van der Waals surface area contributed by atoms with E-state index in [-0.39, 0.29) is 0 Å². The van der Waals surface area contributed by atoms with Gasteiger partial charge in [-0.05, 0) is 19.9 Å². The van der Waals surface area contributed by atoms with Gasteiger partial charge in [0.2, 0.25) is 5.89 Å². The molecule has 4 nitrogen and oxygen atoms in total. The van der Waals surface area contributed by atoms with Gasteiger partial charge in [0.1, 0.15) is 5.76 Å². The minimum atomic E-state index is 0.404. The zero-order chi connectivity index (χ0) is 9.80. The van der Waals surface area contributed by atoms with Crippen LogP contribution < -0.4 is 5.32 Å². The first kappa shape index (κ1) is 9.68. The Bertz CT molecular complexity index is 279. The molecule has 0 radical (unpaired) electrons. The monoisotopic (exact) mass is 196 g/mol. The van der Waals surface area contributed by atoms with Crippen molar-refractivity contribution in [2.24, 2.45) is 0 Å². The van der Waals surface area contributed by atoms with Crippen molar-refractivity contribution < 1.29 is 9.15 Å². The first-order valence-corrected chi connectivity index (χ1v) is 5.07. The first-order chi connectivity index (χ1) is 6.90. The van der Waals surface area contributed by atoms with Gasteiger partial charge in [0, 0.05) is 12.5 Å². The predicted molar refractivity (Wildman–Crippen MR) is 52.1 cm³/mol. The van der Waals surface area contributed by atoms with E-state index in [1.807, 2.05) is 13.2 Å². The van der Waals surface area contributed by atoms with E-state index in [1.165, 1.54) is 0 Å². The maximum absolute atomic E-state index is 5.61. The number of rotatable bonds is 3. The lowest BCUT2D eigenvalue weighted by molar-refractivity contribution is 0.0738. The molecule has 1 atom stereocenters. The Morgan fingerprint density at radius 3 is 3.29 bits per heavy atom. The molecular formula is C10H16N2O2. The summed E-state index contributed by atoms with van der Waals surface area (Å²) in [6, 6.07) is 0. The van der Waals surface area contributed by atoms with E-state index in [9.17, 15) is 0 Å². The summed E-state index contributed by atoms with van der Waals surface area (Å²) in [4.78, 5) is 4.20. The fourth-order valence-electron chi connectivity index (χ4n) is 1.71. The maximum atomic E-state index is 5.61. The standard InChI is InChI=1S/C10H16N2O2/c1-11-6-10-12-5-9(14-10)8-3-2-4-13-7-8/h5,8,11H,2-4,6-7H2,1H3. The number of nitrogens with one attached hydrogen (secondary N) is 1. The summed E-state index contributed by atoms with van der Waals surface area (Å²) in [5.41, 5.74) is 0. The van der Waals surface area contributed by atoms with Crippen molar-refractivity contribution in [2.75, 3.05) is 20.3 Å². The third-order valence-corrected chi connectivity index (χ3v) is 2.46. The van der Waals surface area contributed by atoms with Crippen LogP contribution in [0.5, 0.6) is 0 Å². The summed E-state index contributed by atoms with van der Waals surface area (Å²) in [7, 11) is 1.88. The number of oxazole rings is 1. The van der Waals surface area contributed by atoms with Gasteiger partial charge < -0.3 is 14.5 Å². The Balaban J connectivity index is 2.00.